The number of carbonyl (C=O) groups excluding carboxylic acids is 1. The molecule has 0 bridgehead atoms. The van der Waals surface area contributed by atoms with Crippen molar-refractivity contribution in [3.05, 3.63) is 24.0 Å². The van der Waals surface area contributed by atoms with Gasteiger partial charge in [-0.05, 0) is 38.0 Å². The van der Waals surface area contributed by atoms with E-state index in [-0.39, 0.29) is 23.7 Å². The highest BCUT2D eigenvalue weighted by molar-refractivity contribution is 7.89. The third-order valence-electron chi connectivity index (χ3n) is 3.32. The van der Waals surface area contributed by atoms with Gasteiger partial charge in [0.15, 0.2) is 0 Å². The van der Waals surface area contributed by atoms with Gasteiger partial charge in [0.1, 0.15) is 16.8 Å². The summed E-state index contributed by atoms with van der Waals surface area (Å²) in [5.74, 6) is -1.29. The number of nitrogens with two attached hydrogens (primary N) is 1. The van der Waals surface area contributed by atoms with Gasteiger partial charge in [0, 0.05) is 6.54 Å². The van der Waals surface area contributed by atoms with Crippen molar-refractivity contribution in [1.29, 1.82) is 0 Å². The average Bonchev–Trinajstić information content (AvgIpc) is 2.92. The Balaban J connectivity index is 2.38. The Labute approximate surface area is 122 Å². The first-order chi connectivity index (χ1) is 9.87. The lowest BCUT2D eigenvalue weighted by atomic mass is 10.2. The van der Waals surface area contributed by atoms with Gasteiger partial charge in [-0.15, -0.1) is 0 Å². The van der Waals surface area contributed by atoms with Crippen molar-refractivity contribution in [2.24, 2.45) is 0 Å². The molecule has 1 aliphatic heterocycles. The third-order valence-corrected chi connectivity index (χ3v) is 5.29. The summed E-state index contributed by atoms with van der Waals surface area (Å²) in [6.07, 6.45) is 0.922. The molecule has 1 fully saturated rings. The SMILES string of the molecule is CCOC(=O)C1CCCN1S(=O)(=O)c1cc(F)ccc1N. The smallest absolute Gasteiger partial charge is 0.324 e. The second-order valence-corrected chi connectivity index (χ2v) is 6.57. The topological polar surface area (TPSA) is 89.7 Å². The number of benzene rings is 1. The minimum atomic E-state index is -4.04. The number of halogens is 1. The molecule has 1 aromatic carbocycles. The maximum Gasteiger partial charge on any atom is 0.324 e. The second-order valence-electron chi connectivity index (χ2n) is 4.71. The summed E-state index contributed by atoms with van der Waals surface area (Å²) in [5, 5.41) is 0. The van der Waals surface area contributed by atoms with Crippen LogP contribution in [-0.2, 0) is 19.6 Å². The normalized spacial score (nSPS) is 19.6. The van der Waals surface area contributed by atoms with E-state index in [0.29, 0.717) is 12.8 Å². The Bertz CT molecular complexity index is 648. The third kappa shape index (κ3) is 3.01. The molecule has 0 aromatic heterocycles. The summed E-state index contributed by atoms with van der Waals surface area (Å²) >= 11 is 0. The van der Waals surface area contributed by atoms with Crippen LogP contribution in [0.15, 0.2) is 23.1 Å². The van der Waals surface area contributed by atoms with Crippen LogP contribution in [0.2, 0.25) is 0 Å². The zero-order valence-electron chi connectivity index (χ0n) is 11.6. The fraction of sp³-hybridized carbons (Fsp3) is 0.462. The highest BCUT2D eigenvalue weighted by atomic mass is 32.2. The van der Waals surface area contributed by atoms with E-state index >= 15 is 0 Å². The van der Waals surface area contributed by atoms with Crippen LogP contribution in [0.5, 0.6) is 0 Å². The molecule has 116 valence electrons. The lowest BCUT2D eigenvalue weighted by molar-refractivity contribution is -0.146. The number of carbonyl (C=O) groups is 1. The molecule has 0 saturated carbocycles. The maximum atomic E-state index is 13.3. The van der Waals surface area contributed by atoms with Crippen LogP contribution in [-0.4, -0.2) is 37.9 Å². The molecule has 1 saturated heterocycles. The molecule has 2 rings (SSSR count). The zero-order chi connectivity index (χ0) is 15.6. The molecular weight excluding hydrogens is 299 g/mol. The fourth-order valence-electron chi connectivity index (χ4n) is 2.36. The minimum Gasteiger partial charge on any atom is -0.465 e. The first kappa shape index (κ1) is 15.7. The van der Waals surface area contributed by atoms with Crippen molar-refractivity contribution in [3.63, 3.8) is 0 Å². The molecular formula is C13H17FN2O4S. The standard InChI is InChI=1S/C13H17FN2O4S/c1-2-20-13(17)11-4-3-7-16(11)21(18,19)12-8-9(14)5-6-10(12)15/h5-6,8,11H,2-4,7,15H2,1H3. The number of esters is 1. The number of nitrogens with zero attached hydrogens (tertiary/aromatic N) is 1. The van der Waals surface area contributed by atoms with E-state index in [2.05, 4.69) is 0 Å². The summed E-state index contributed by atoms with van der Waals surface area (Å²) in [5.41, 5.74) is 5.58. The van der Waals surface area contributed by atoms with Gasteiger partial charge < -0.3 is 10.5 Å². The number of nitrogen functional groups attached to an aromatic ring is 1. The van der Waals surface area contributed by atoms with E-state index in [1.54, 1.807) is 6.92 Å². The molecule has 6 nitrogen and oxygen atoms in total. The molecule has 0 spiro atoms. The minimum absolute atomic E-state index is 0.0501. The van der Waals surface area contributed by atoms with Gasteiger partial charge in [-0.1, -0.05) is 0 Å². The Morgan fingerprint density at radius 2 is 2.24 bits per heavy atom. The molecule has 1 aromatic rings. The van der Waals surface area contributed by atoms with E-state index in [4.69, 9.17) is 10.5 Å². The second kappa shape index (κ2) is 5.98. The molecule has 0 aliphatic carbocycles. The number of ether oxygens (including phenoxy) is 1. The first-order valence-electron chi connectivity index (χ1n) is 6.61. The molecule has 1 heterocycles. The van der Waals surface area contributed by atoms with Crippen LogP contribution >= 0.6 is 0 Å². The lowest BCUT2D eigenvalue weighted by Crippen LogP contribution is -2.41. The van der Waals surface area contributed by atoms with Gasteiger partial charge in [-0.25, -0.2) is 12.8 Å². The maximum absolute atomic E-state index is 13.3. The summed E-state index contributed by atoms with van der Waals surface area (Å²) in [6, 6.07) is 2.27. The summed E-state index contributed by atoms with van der Waals surface area (Å²) in [7, 11) is -4.04. The largest absolute Gasteiger partial charge is 0.465 e. The highest BCUT2D eigenvalue weighted by Crippen LogP contribution is 2.30. The van der Waals surface area contributed by atoms with Crippen LogP contribution in [0, 0.1) is 5.82 Å². The van der Waals surface area contributed by atoms with E-state index in [1.807, 2.05) is 0 Å². The van der Waals surface area contributed by atoms with Crippen molar-refractivity contribution in [3.8, 4) is 0 Å². The Morgan fingerprint density at radius 3 is 2.90 bits per heavy atom. The molecule has 2 N–H and O–H groups in total. The number of hydrogen-bond donors (Lipinski definition) is 1. The molecule has 0 amide bonds. The van der Waals surface area contributed by atoms with Crippen molar-refractivity contribution in [2.45, 2.75) is 30.7 Å². The predicted octanol–water partition coefficient (Wildman–Crippen LogP) is 1.12. The Morgan fingerprint density at radius 1 is 1.52 bits per heavy atom. The quantitative estimate of drug-likeness (QED) is 0.664. The van der Waals surface area contributed by atoms with Gasteiger partial charge >= 0.3 is 5.97 Å². The number of anilines is 1. The van der Waals surface area contributed by atoms with E-state index in [0.717, 1.165) is 16.4 Å². The van der Waals surface area contributed by atoms with Gasteiger partial charge in [-0.2, -0.15) is 4.31 Å². The van der Waals surface area contributed by atoms with Crippen LogP contribution in [0.3, 0.4) is 0 Å². The molecule has 1 atom stereocenters. The van der Waals surface area contributed by atoms with Crippen LogP contribution in [0.1, 0.15) is 19.8 Å². The fourth-order valence-corrected chi connectivity index (χ4v) is 4.14. The molecule has 0 radical (unpaired) electrons. The van der Waals surface area contributed by atoms with Crippen LogP contribution in [0.25, 0.3) is 0 Å². The average molecular weight is 316 g/mol. The summed E-state index contributed by atoms with van der Waals surface area (Å²) < 4.78 is 44.4. The zero-order valence-corrected chi connectivity index (χ0v) is 12.4. The lowest BCUT2D eigenvalue weighted by Gasteiger charge is -2.23. The van der Waals surface area contributed by atoms with Crippen molar-refractivity contribution < 1.29 is 22.3 Å². The van der Waals surface area contributed by atoms with Crippen molar-refractivity contribution in [2.75, 3.05) is 18.9 Å². The predicted molar refractivity (Wildman–Crippen MR) is 74.4 cm³/mol. The van der Waals surface area contributed by atoms with Gasteiger partial charge in [0.2, 0.25) is 10.0 Å². The van der Waals surface area contributed by atoms with E-state index in [1.165, 1.54) is 6.07 Å². The summed E-state index contributed by atoms with van der Waals surface area (Å²) in [4.78, 5) is 11.5. The van der Waals surface area contributed by atoms with Gasteiger partial charge in [0.05, 0.1) is 12.3 Å². The Kier molecular flexibility index (Phi) is 4.48. The van der Waals surface area contributed by atoms with Crippen LogP contribution < -0.4 is 5.73 Å². The molecule has 8 heteroatoms. The van der Waals surface area contributed by atoms with Gasteiger partial charge in [-0.3, -0.25) is 4.79 Å². The number of sulfonamides is 1. The number of rotatable bonds is 4. The van der Waals surface area contributed by atoms with Crippen molar-refractivity contribution in [1.82, 2.24) is 4.31 Å². The molecule has 1 unspecified atom stereocenters. The molecule has 21 heavy (non-hydrogen) atoms. The monoisotopic (exact) mass is 316 g/mol. The first-order valence-corrected chi connectivity index (χ1v) is 8.05. The van der Waals surface area contributed by atoms with E-state index in [9.17, 15) is 17.6 Å². The van der Waals surface area contributed by atoms with Crippen LogP contribution in [0.4, 0.5) is 10.1 Å². The van der Waals surface area contributed by atoms with Crippen molar-refractivity contribution >= 4 is 21.7 Å². The van der Waals surface area contributed by atoms with E-state index < -0.39 is 27.9 Å². The number of hydrogen-bond acceptors (Lipinski definition) is 5. The summed E-state index contributed by atoms with van der Waals surface area (Å²) in [6.45, 7) is 2.00. The van der Waals surface area contributed by atoms with Gasteiger partial charge in [0.25, 0.3) is 0 Å². The molecule has 1 aliphatic rings. The highest BCUT2D eigenvalue weighted by Gasteiger charge is 2.41. The Hall–Kier alpha value is -1.67.